The summed E-state index contributed by atoms with van der Waals surface area (Å²) in [6, 6.07) is 7.78. The fraction of sp³-hybridized carbons (Fsp3) is 0.333. The van der Waals surface area contributed by atoms with Crippen LogP contribution in [-0.2, 0) is 9.59 Å². The molecular weight excluding hydrogens is 288 g/mol. The Morgan fingerprint density at radius 3 is 2.86 bits per heavy atom. The van der Waals surface area contributed by atoms with Crippen LogP contribution in [0.3, 0.4) is 0 Å². The first-order valence-electron chi connectivity index (χ1n) is 6.69. The number of anilines is 1. The number of para-hydroxylation sites is 1. The first-order chi connectivity index (χ1) is 10.1. The van der Waals surface area contributed by atoms with Gasteiger partial charge in [0.25, 0.3) is 0 Å². The van der Waals surface area contributed by atoms with E-state index >= 15 is 0 Å². The lowest BCUT2D eigenvalue weighted by molar-refractivity contribution is -0.138. The molecule has 0 fully saturated rings. The molecule has 112 valence electrons. The van der Waals surface area contributed by atoms with Gasteiger partial charge in [0.1, 0.15) is 0 Å². The second-order valence-electron chi connectivity index (χ2n) is 4.71. The van der Waals surface area contributed by atoms with Crippen molar-refractivity contribution in [1.29, 1.82) is 0 Å². The molecule has 0 bridgehead atoms. The molecule has 6 heteroatoms. The molecule has 21 heavy (non-hydrogen) atoms. The number of amides is 1. The van der Waals surface area contributed by atoms with E-state index in [0.29, 0.717) is 13.1 Å². The van der Waals surface area contributed by atoms with E-state index in [0.717, 1.165) is 16.3 Å². The summed E-state index contributed by atoms with van der Waals surface area (Å²) in [5.74, 6) is -0.173. The summed E-state index contributed by atoms with van der Waals surface area (Å²) in [6.45, 7) is 4.54. The zero-order valence-corrected chi connectivity index (χ0v) is 12.5. The first-order valence-corrected chi connectivity index (χ1v) is 7.67. The standard InChI is InChI=1S/C15H18N2O3S/c1-2-7-16(11-15(19)20)10-14(18)17-8-9-21-13-6-4-3-5-12(13)17/h2-6H,1,7-11H2,(H,19,20). The van der Waals surface area contributed by atoms with Crippen LogP contribution in [0.15, 0.2) is 41.8 Å². The number of hydrogen-bond donors (Lipinski definition) is 1. The predicted octanol–water partition coefficient (Wildman–Crippen LogP) is 1.70. The number of hydrogen-bond acceptors (Lipinski definition) is 4. The minimum Gasteiger partial charge on any atom is -0.480 e. The molecule has 0 unspecified atom stereocenters. The predicted molar refractivity (Wildman–Crippen MR) is 83.8 cm³/mol. The highest BCUT2D eigenvalue weighted by Gasteiger charge is 2.24. The molecule has 1 aromatic rings. The van der Waals surface area contributed by atoms with Gasteiger partial charge in [0.05, 0.1) is 18.8 Å². The molecule has 1 N–H and O–H groups in total. The number of carboxylic acids is 1. The van der Waals surface area contributed by atoms with Crippen LogP contribution in [0.1, 0.15) is 0 Å². The summed E-state index contributed by atoms with van der Waals surface area (Å²) in [5, 5.41) is 8.89. The monoisotopic (exact) mass is 306 g/mol. The van der Waals surface area contributed by atoms with Crippen LogP contribution < -0.4 is 4.90 Å². The fourth-order valence-electron chi connectivity index (χ4n) is 2.26. The Labute approximate surface area is 128 Å². The third-order valence-electron chi connectivity index (χ3n) is 3.13. The molecule has 1 aliphatic heterocycles. The van der Waals surface area contributed by atoms with Crippen molar-refractivity contribution in [1.82, 2.24) is 4.90 Å². The third-order valence-corrected chi connectivity index (χ3v) is 4.18. The van der Waals surface area contributed by atoms with Gasteiger partial charge in [0.2, 0.25) is 5.91 Å². The topological polar surface area (TPSA) is 60.9 Å². The quantitative estimate of drug-likeness (QED) is 0.811. The van der Waals surface area contributed by atoms with Crippen molar-refractivity contribution in [3.8, 4) is 0 Å². The summed E-state index contributed by atoms with van der Waals surface area (Å²) in [4.78, 5) is 27.7. The van der Waals surface area contributed by atoms with Crippen molar-refractivity contribution in [3.63, 3.8) is 0 Å². The molecular formula is C15H18N2O3S. The van der Waals surface area contributed by atoms with Crippen molar-refractivity contribution in [3.05, 3.63) is 36.9 Å². The number of rotatable bonds is 6. The molecule has 1 aromatic carbocycles. The average Bonchev–Trinajstić information content (AvgIpc) is 2.46. The van der Waals surface area contributed by atoms with Gasteiger partial charge >= 0.3 is 5.97 Å². The molecule has 0 aromatic heterocycles. The molecule has 2 rings (SSSR count). The number of nitrogens with zero attached hydrogens (tertiary/aromatic N) is 2. The Morgan fingerprint density at radius 1 is 1.38 bits per heavy atom. The van der Waals surface area contributed by atoms with Crippen LogP contribution in [0, 0.1) is 0 Å². The van der Waals surface area contributed by atoms with Crippen LogP contribution in [0.4, 0.5) is 5.69 Å². The molecule has 0 radical (unpaired) electrons. The zero-order chi connectivity index (χ0) is 15.2. The number of carbonyl (C=O) groups excluding carboxylic acids is 1. The summed E-state index contributed by atoms with van der Waals surface area (Å²) >= 11 is 1.73. The SMILES string of the molecule is C=CCN(CC(=O)O)CC(=O)N1CCSc2ccccc21. The zero-order valence-electron chi connectivity index (χ0n) is 11.7. The van der Waals surface area contributed by atoms with Gasteiger partial charge in [-0.25, -0.2) is 0 Å². The smallest absolute Gasteiger partial charge is 0.317 e. The van der Waals surface area contributed by atoms with Gasteiger partial charge in [-0.05, 0) is 12.1 Å². The van der Waals surface area contributed by atoms with E-state index in [1.165, 1.54) is 0 Å². The Hall–Kier alpha value is -1.79. The van der Waals surface area contributed by atoms with Crippen molar-refractivity contribution < 1.29 is 14.7 Å². The van der Waals surface area contributed by atoms with Gasteiger partial charge in [0, 0.05) is 23.7 Å². The summed E-state index contributed by atoms with van der Waals surface area (Å²) in [6.07, 6.45) is 1.61. The Balaban J connectivity index is 2.09. The fourth-order valence-corrected chi connectivity index (χ4v) is 3.26. The lowest BCUT2D eigenvalue weighted by atomic mass is 10.2. The molecule has 0 spiro atoms. The van der Waals surface area contributed by atoms with E-state index in [4.69, 9.17) is 5.11 Å². The number of aliphatic carboxylic acids is 1. The number of fused-ring (bicyclic) bond motifs is 1. The molecule has 1 heterocycles. The largest absolute Gasteiger partial charge is 0.480 e. The van der Waals surface area contributed by atoms with Gasteiger partial charge in [-0.1, -0.05) is 18.2 Å². The van der Waals surface area contributed by atoms with E-state index in [1.54, 1.807) is 27.6 Å². The Morgan fingerprint density at radius 2 is 2.14 bits per heavy atom. The number of benzene rings is 1. The van der Waals surface area contributed by atoms with Gasteiger partial charge in [0.15, 0.2) is 0 Å². The van der Waals surface area contributed by atoms with E-state index in [9.17, 15) is 9.59 Å². The Kier molecular flexibility index (Phi) is 5.41. The van der Waals surface area contributed by atoms with Crippen LogP contribution >= 0.6 is 11.8 Å². The van der Waals surface area contributed by atoms with E-state index in [1.807, 2.05) is 24.3 Å². The highest BCUT2D eigenvalue weighted by Crippen LogP contribution is 2.34. The third kappa shape index (κ3) is 4.09. The van der Waals surface area contributed by atoms with Crippen molar-refractivity contribution in [2.24, 2.45) is 0 Å². The molecule has 0 atom stereocenters. The summed E-state index contributed by atoms with van der Waals surface area (Å²) in [5.41, 5.74) is 0.910. The lowest BCUT2D eigenvalue weighted by Gasteiger charge is -2.30. The lowest BCUT2D eigenvalue weighted by Crippen LogP contribution is -2.44. The van der Waals surface area contributed by atoms with Crippen LogP contribution in [-0.4, -0.2) is 53.8 Å². The van der Waals surface area contributed by atoms with Gasteiger partial charge in [-0.3, -0.25) is 14.5 Å². The van der Waals surface area contributed by atoms with Gasteiger partial charge < -0.3 is 10.0 Å². The summed E-state index contributed by atoms with van der Waals surface area (Å²) in [7, 11) is 0. The molecule has 0 saturated heterocycles. The maximum Gasteiger partial charge on any atom is 0.317 e. The second kappa shape index (κ2) is 7.28. The number of carboxylic acid groups (broad SMARTS) is 1. The van der Waals surface area contributed by atoms with Crippen LogP contribution in [0.2, 0.25) is 0 Å². The first kappa shape index (κ1) is 15.6. The van der Waals surface area contributed by atoms with Gasteiger partial charge in [-0.2, -0.15) is 0 Å². The van der Waals surface area contributed by atoms with Crippen LogP contribution in [0.25, 0.3) is 0 Å². The van der Waals surface area contributed by atoms with Crippen molar-refractivity contribution >= 4 is 29.3 Å². The molecule has 0 saturated carbocycles. The highest BCUT2D eigenvalue weighted by atomic mass is 32.2. The van der Waals surface area contributed by atoms with Crippen molar-refractivity contribution in [2.45, 2.75) is 4.90 Å². The maximum absolute atomic E-state index is 12.5. The molecule has 5 nitrogen and oxygen atoms in total. The van der Waals surface area contributed by atoms with E-state index in [-0.39, 0.29) is 19.0 Å². The van der Waals surface area contributed by atoms with Gasteiger partial charge in [-0.15, -0.1) is 18.3 Å². The molecule has 1 amide bonds. The highest BCUT2D eigenvalue weighted by molar-refractivity contribution is 7.99. The summed E-state index contributed by atoms with van der Waals surface area (Å²) < 4.78 is 0. The molecule has 0 aliphatic carbocycles. The minimum absolute atomic E-state index is 0.0779. The van der Waals surface area contributed by atoms with Crippen LogP contribution in [0.5, 0.6) is 0 Å². The minimum atomic E-state index is -0.945. The number of thioether (sulfide) groups is 1. The van der Waals surface area contributed by atoms with Crippen molar-refractivity contribution in [2.75, 3.05) is 36.8 Å². The second-order valence-corrected chi connectivity index (χ2v) is 5.85. The number of carbonyl (C=O) groups is 2. The van der Waals surface area contributed by atoms with E-state index in [2.05, 4.69) is 6.58 Å². The Bertz CT molecular complexity index is 547. The molecule has 1 aliphatic rings. The maximum atomic E-state index is 12.5. The van der Waals surface area contributed by atoms with E-state index < -0.39 is 5.97 Å². The average molecular weight is 306 g/mol. The normalized spacial score (nSPS) is 13.9.